The lowest BCUT2D eigenvalue weighted by molar-refractivity contribution is -0.161. The highest BCUT2D eigenvalue weighted by Gasteiger charge is 2.55. The van der Waals surface area contributed by atoms with E-state index < -0.39 is 0 Å². The van der Waals surface area contributed by atoms with Gasteiger partial charge in [-0.25, -0.2) is 0 Å². The molecule has 0 aromatic heterocycles. The maximum Gasteiger partial charge on any atom is 0.317 e. The first-order chi connectivity index (χ1) is 11.1. The van der Waals surface area contributed by atoms with E-state index in [0.717, 1.165) is 49.2 Å². The number of esters is 1. The Morgan fingerprint density at radius 1 is 1.13 bits per heavy atom. The molecule has 1 atom stereocenters. The first-order valence-electron chi connectivity index (χ1n) is 9.41. The maximum absolute atomic E-state index is 13.1. The van der Waals surface area contributed by atoms with Gasteiger partial charge in [0.1, 0.15) is 5.75 Å². The van der Waals surface area contributed by atoms with E-state index in [1.54, 1.807) is 0 Å². The van der Waals surface area contributed by atoms with E-state index >= 15 is 0 Å². The van der Waals surface area contributed by atoms with Crippen LogP contribution in [0.5, 0.6) is 5.75 Å². The minimum Gasteiger partial charge on any atom is -0.426 e. The maximum atomic E-state index is 13.1. The van der Waals surface area contributed by atoms with Gasteiger partial charge in [-0.3, -0.25) is 4.79 Å². The minimum atomic E-state index is -0.169. The quantitative estimate of drug-likeness (QED) is 0.555. The standard InChI is InChI=1S/C21H28O2/c1-3-14(2)18-6-4-5-7-19(18)23-20(22)21-11-15-8-16(12-21)10-17(9-15)13-21/h4-7,14-17H,3,8-13H2,1-2H3. The van der Waals surface area contributed by atoms with Gasteiger partial charge in [0, 0.05) is 0 Å². The van der Waals surface area contributed by atoms with E-state index in [1.165, 1.54) is 24.8 Å². The summed E-state index contributed by atoms with van der Waals surface area (Å²) >= 11 is 0. The number of carbonyl (C=O) groups is 1. The fraction of sp³-hybridized carbons (Fsp3) is 0.667. The molecule has 4 bridgehead atoms. The van der Waals surface area contributed by atoms with Crippen LogP contribution in [0.1, 0.15) is 70.3 Å². The van der Waals surface area contributed by atoms with Crippen molar-refractivity contribution < 1.29 is 9.53 Å². The van der Waals surface area contributed by atoms with Crippen LogP contribution in [0.4, 0.5) is 0 Å². The highest BCUT2D eigenvalue weighted by molar-refractivity contribution is 5.80. The van der Waals surface area contributed by atoms with Gasteiger partial charge in [-0.2, -0.15) is 0 Å². The molecule has 2 nitrogen and oxygen atoms in total. The van der Waals surface area contributed by atoms with Crippen molar-refractivity contribution in [3.63, 3.8) is 0 Å². The summed E-state index contributed by atoms with van der Waals surface area (Å²) in [6.07, 6.45) is 8.35. The average Bonchev–Trinajstić information content (AvgIpc) is 2.53. The van der Waals surface area contributed by atoms with E-state index in [-0.39, 0.29) is 11.4 Å². The fourth-order valence-electron chi connectivity index (χ4n) is 5.77. The molecule has 2 heteroatoms. The molecule has 23 heavy (non-hydrogen) atoms. The third-order valence-electron chi connectivity index (χ3n) is 6.74. The summed E-state index contributed by atoms with van der Waals surface area (Å²) in [6.45, 7) is 4.39. The SMILES string of the molecule is CCC(C)c1ccccc1OC(=O)C12CC3CC(CC(C3)C1)C2. The lowest BCUT2D eigenvalue weighted by Gasteiger charge is -2.55. The number of rotatable bonds is 4. The third-order valence-corrected chi connectivity index (χ3v) is 6.74. The Labute approximate surface area is 139 Å². The van der Waals surface area contributed by atoms with Crippen molar-refractivity contribution in [1.82, 2.24) is 0 Å². The highest BCUT2D eigenvalue weighted by Crippen LogP contribution is 2.60. The molecule has 4 fully saturated rings. The zero-order valence-corrected chi connectivity index (χ0v) is 14.4. The van der Waals surface area contributed by atoms with Crippen molar-refractivity contribution in [3.05, 3.63) is 29.8 Å². The number of benzene rings is 1. The summed E-state index contributed by atoms with van der Waals surface area (Å²) in [6, 6.07) is 8.11. The molecular formula is C21H28O2. The van der Waals surface area contributed by atoms with E-state index in [2.05, 4.69) is 19.9 Å². The molecule has 1 aromatic carbocycles. The molecule has 124 valence electrons. The smallest absolute Gasteiger partial charge is 0.317 e. The van der Waals surface area contributed by atoms with Crippen LogP contribution in [-0.4, -0.2) is 5.97 Å². The Hall–Kier alpha value is -1.31. The molecule has 4 aliphatic carbocycles. The van der Waals surface area contributed by atoms with Gasteiger partial charge in [0.25, 0.3) is 0 Å². The molecule has 4 aliphatic rings. The summed E-state index contributed by atoms with van der Waals surface area (Å²) < 4.78 is 6.01. The fourth-order valence-corrected chi connectivity index (χ4v) is 5.77. The average molecular weight is 312 g/mol. The van der Waals surface area contributed by atoms with E-state index in [0.29, 0.717) is 5.92 Å². The second kappa shape index (κ2) is 5.65. The monoisotopic (exact) mass is 312 g/mol. The predicted octanol–water partition coefficient (Wildman–Crippen LogP) is 5.32. The molecule has 1 unspecified atom stereocenters. The van der Waals surface area contributed by atoms with Gasteiger partial charge in [0.2, 0.25) is 0 Å². The summed E-state index contributed by atoms with van der Waals surface area (Å²) in [5.74, 6) is 3.61. The number of hydrogen-bond donors (Lipinski definition) is 0. The van der Waals surface area contributed by atoms with Crippen molar-refractivity contribution in [3.8, 4) is 5.75 Å². The normalized spacial score (nSPS) is 36.0. The molecular weight excluding hydrogens is 284 g/mol. The summed E-state index contributed by atoms with van der Waals surface area (Å²) in [5.41, 5.74) is 1.00. The molecule has 4 saturated carbocycles. The Kier molecular flexibility index (Phi) is 3.74. The molecule has 0 radical (unpaired) electrons. The predicted molar refractivity (Wildman–Crippen MR) is 91.4 cm³/mol. The van der Waals surface area contributed by atoms with Gasteiger partial charge in [-0.1, -0.05) is 32.0 Å². The lowest BCUT2D eigenvalue weighted by atomic mass is 9.49. The molecule has 5 rings (SSSR count). The van der Waals surface area contributed by atoms with Gasteiger partial charge in [-0.05, 0) is 80.2 Å². The van der Waals surface area contributed by atoms with Gasteiger partial charge < -0.3 is 4.74 Å². The molecule has 0 spiro atoms. The first-order valence-corrected chi connectivity index (χ1v) is 9.41. The van der Waals surface area contributed by atoms with Crippen LogP contribution >= 0.6 is 0 Å². The van der Waals surface area contributed by atoms with Crippen LogP contribution in [0.15, 0.2) is 24.3 Å². The molecule has 0 N–H and O–H groups in total. The molecule has 0 heterocycles. The number of para-hydroxylation sites is 1. The Bertz CT molecular complexity index is 568. The Balaban J connectivity index is 1.57. The van der Waals surface area contributed by atoms with Crippen LogP contribution in [0.25, 0.3) is 0 Å². The Morgan fingerprint density at radius 2 is 1.70 bits per heavy atom. The molecule has 1 aromatic rings. The minimum absolute atomic E-state index is 0.0624. The Morgan fingerprint density at radius 3 is 2.26 bits per heavy atom. The van der Waals surface area contributed by atoms with Crippen molar-refractivity contribution in [2.45, 2.75) is 64.7 Å². The van der Waals surface area contributed by atoms with E-state index in [1.807, 2.05) is 18.2 Å². The third kappa shape index (κ3) is 2.60. The molecule has 0 aliphatic heterocycles. The number of hydrogen-bond acceptors (Lipinski definition) is 2. The second-order valence-corrected chi connectivity index (χ2v) is 8.43. The molecule has 0 saturated heterocycles. The van der Waals surface area contributed by atoms with Gasteiger partial charge in [0.15, 0.2) is 0 Å². The van der Waals surface area contributed by atoms with Crippen LogP contribution in [-0.2, 0) is 4.79 Å². The lowest BCUT2D eigenvalue weighted by Crippen LogP contribution is -2.51. The van der Waals surface area contributed by atoms with Gasteiger partial charge in [-0.15, -0.1) is 0 Å². The topological polar surface area (TPSA) is 26.3 Å². The van der Waals surface area contributed by atoms with Crippen LogP contribution in [0, 0.1) is 23.2 Å². The van der Waals surface area contributed by atoms with Gasteiger partial charge in [0.05, 0.1) is 5.41 Å². The van der Waals surface area contributed by atoms with E-state index in [4.69, 9.17) is 4.74 Å². The summed E-state index contributed by atoms with van der Waals surface area (Å²) in [4.78, 5) is 13.1. The van der Waals surface area contributed by atoms with Crippen LogP contribution in [0.3, 0.4) is 0 Å². The highest BCUT2D eigenvalue weighted by atomic mass is 16.5. The van der Waals surface area contributed by atoms with E-state index in [9.17, 15) is 4.79 Å². The van der Waals surface area contributed by atoms with Crippen LogP contribution in [0.2, 0.25) is 0 Å². The largest absolute Gasteiger partial charge is 0.426 e. The van der Waals surface area contributed by atoms with Gasteiger partial charge >= 0.3 is 5.97 Å². The number of carbonyl (C=O) groups excluding carboxylic acids is 1. The zero-order valence-electron chi connectivity index (χ0n) is 14.4. The second-order valence-electron chi connectivity index (χ2n) is 8.43. The van der Waals surface area contributed by atoms with Crippen molar-refractivity contribution in [2.75, 3.05) is 0 Å². The zero-order chi connectivity index (χ0) is 16.0. The molecule has 0 amide bonds. The van der Waals surface area contributed by atoms with Crippen molar-refractivity contribution >= 4 is 5.97 Å². The summed E-state index contributed by atoms with van der Waals surface area (Å²) in [7, 11) is 0. The van der Waals surface area contributed by atoms with Crippen LogP contribution < -0.4 is 4.74 Å². The summed E-state index contributed by atoms with van der Waals surface area (Å²) in [5, 5.41) is 0. The number of ether oxygens (including phenoxy) is 1. The van der Waals surface area contributed by atoms with Crippen molar-refractivity contribution in [2.24, 2.45) is 23.2 Å². The first kappa shape index (κ1) is 15.2. The van der Waals surface area contributed by atoms with Crippen molar-refractivity contribution in [1.29, 1.82) is 0 Å².